The molecular formula is C18H21O2P. The summed E-state index contributed by atoms with van der Waals surface area (Å²) in [6, 6.07) is 20.0. The maximum atomic E-state index is 6.27. The van der Waals surface area contributed by atoms with Gasteiger partial charge in [0.25, 0.3) is 0 Å². The fourth-order valence-electron chi connectivity index (χ4n) is 2.78. The van der Waals surface area contributed by atoms with Gasteiger partial charge in [-0.1, -0.05) is 45.6 Å². The van der Waals surface area contributed by atoms with Gasteiger partial charge >= 0.3 is 0 Å². The molecule has 0 aromatic heterocycles. The van der Waals surface area contributed by atoms with Crippen LogP contribution in [0.25, 0.3) is 0 Å². The number of rotatable bonds is 4. The largest absolute Gasteiger partial charge is 0.486 e. The highest BCUT2D eigenvalue weighted by Gasteiger charge is 2.40. The smallest absolute Gasteiger partial charge is 0.158 e. The van der Waals surface area contributed by atoms with Crippen LogP contribution >= 0.6 is 9.24 Å². The fourth-order valence-corrected chi connectivity index (χ4v) is 3.36. The molecular weight excluding hydrogens is 279 g/mol. The normalized spacial score (nSPS) is 25.3. The Labute approximate surface area is 128 Å². The molecule has 1 aliphatic rings. The summed E-state index contributed by atoms with van der Waals surface area (Å²) in [5.41, 5.74) is 0. The van der Waals surface area contributed by atoms with Crippen molar-refractivity contribution in [2.45, 2.75) is 37.1 Å². The summed E-state index contributed by atoms with van der Waals surface area (Å²) in [4.78, 5) is 0. The first-order valence-corrected chi connectivity index (χ1v) is 8.09. The van der Waals surface area contributed by atoms with Gasteiger partial charge in [0.2, 0.25) is 0 Å². The van der Waals surface area contributed by atoms with Crippen LogP contribution in [0.15, 0.2) is 60.7 Å². The lowest BCUT2D eigenvalue weighted by Gasteiger charge is -2.41. The van der Waals surface area contributed by atoms with Crippen LogP contribution in [0.2, 0.25) is 0 Å². The lowest BCUT2D eigenvalue weighted by Crippen LogP contribution is -2.47. The molecule has 0 heterocycles. The Balaban J connectivity index is 1.77. The Morgan fingerprint density at radius 2 is 1.48 bits per heavy atom. The highest BCUT2D eigenvalue weighted by molar-refractivity contribution is 7.18. The molecule has 2 aromatic carbocycles. The molecule has 3 heteroatoms. The molecule has 0 radical (unpaired) electrons. The molecule has 0 bridgehead atoms. The van der Waals surface area contributed by atoms with Gasteiger partial charge in [-0.3, -0.25) is 0 Å². The zero-order valence-electron chi connectivity index (χ0n) is 12.1. The summed E-state index contributed by atoms with van der Waals surface area (Å²) in [6.45, 7) is 0. The first-order chi connectivity index (χ1) is 10.3. The maximum absolute atomic E-state index is 6.27. The second kappa shape index (κ2) is 6.49. The zero-order valence-corrected chi connectivity index (χ0v) is 13.2. The number of hydrogen-bond acceptors (Lipinski definition) is 2. The van der Waals surface area contributed by atoms with E-state index >= 15 is 0 Å². The van der Waals surface area contributed by atoms with Crippen molar-refractivity contribution in [3.8, 4) is 11.5 Å². The first-order valence-electron chi connectivity index (χ1n) is 7.51. The molecule has 0 amide bonds. The monoisotopic (exact) mass is 300 g/mol. The summed E-state index contributed by atoms with van der Waals surface area (Å²) in [5.74, 6) is 1.81. The number of benzene rings is 2. The summed E-state index contributed by atoms with van der Waals surface area (Å²) < 4.78 is 12.5. The fraction of sp³-hybridized carbons (Fsp3) is 0.333. The highest BCUT2D eigenvalue weighted by atomic mass is 31.0. The molecule has 0 N–H and O–H groups in total. The Morgan fingerprint density at radius 3 is 2.14 bits per heavy atom. The van der Waals surface area contributed by atoms with Crippen molar-refractivity contribution >= 4 is 9.24 Å². The lowest BCUT2D eigenvalue weighted by molar-refractivity contribution is -0.00294. The minimum Gasteiger partial charge on any atom is -0.486 e. The van der Waals surface area contributed by atoms with Crippen molar-refractivity contribution in [1.29, 1.82) is 0 Å². The Morgan fingerprint density at radius 1 is 0.857 bits per heavy atom. The summed E-state index contributed by atoms with van der Waals surface area (Å²) in [5, 5.41) is -0.352. The van der Waals surface area contributed by atoms with Gasteiger partial charge in [-0.25, -0.2) is 0 Å². The minimum absolute atomic E-state index is 0.0545. The van der Waals surface area contributed by atoms with Gasteiger partial charge in [-0.15, -0.1) is 0 Å². The molecule has 1 fully saturated rings. The Hall–Kier alpha value is -1.53. The van der Waals surface area contributed by atoms with Crippen LogP contribution in [0, 0.1) is 0 Å². The van der Waals surface area contributed by atoms with Crippen LogP contribution in [0.5, 0.6) is 11.5 Å². The van der Waals surface area contributed by atoms with Gasteiger partial charge in [0, 0.05) is 0 Å². The van der Waals surface area contributed by atoms with Crippen molar-refractivity contribution in [1.82, 2.24) is 0 Å². The van der Waals surface area contributed by atoms with E-state index in [-0.39, 0.29) is 11.4 Å². The molecule has 110 valence electrons. The minimum atomic E-state index is -0.352. The van der Waals surface area contributed by atoms with Crippen LogP contribution in [-0.2, 0) is 0 Å². The van der Waals surface area contributed by atoms with E-state index in [1.807, 2.05) is 60.7 Å². The van der Waals surface area contributed by atoms with E-state index in [9.17, 15) is 0 Å². The van der Waals surface area contributed by atoms with Gasteiger partial charge in [0.1, 0.15) is 17.6 Å². The molecule has 3 atom stereocenters. The third-order valence-electron chi connectivity index (χ3n) is 3.90. The second-order valence-corrected chi connectivity index (χ2v) is 6.51. The van der Waals surface area contributed by atoms with Crippen molar-refractivity contribution in [3.63, 3.8) is 0 Å². The standard InChI is InChI=1S/C18H21O2P/c21-18(20-16-11-5-2-6-12-16)14-8-7-13-17(18)19-15-9-3-1-4-10-15/h1-6,9-12,17H,7-8,13-14,21H2. The predicted octanol–water partition coefficient (Wildman–Crippen LogP) is 4.66. The molecule has 0 spiro atoms. The highest BCUT2D eigenvalue weighted by Crippen LogP contribution is 2.40. The van der Waals surface area contributed by atoms with E-state index in [1.165, 1.54) is 12.8 Å². The van der Waals surface area contributed by atoms with E-state index in [0.717, 1.165) is 24.3 Å². The molecule has 3 unspecified atom stereocenters. The second-order valence-electron chi connectivity index (χ2n) is 5.54. The summed E-state index contributed by atoms with van der Waals surface area (Å²) >= 11 is 0. The van der Waals surface area contributed by atoms with Crippen molar-refractivity contribution in [2.75, 3.05) is 0 Å². The third kappa shape index (κ3) is 3.57. The van der Waals surface area contributed by atoms with E-state index < -0.39 is 0 Å². The molecule has 21 heavy (non-hydrogen) atoms. The van der Waals surface area contributed by atoms with Crippen LogP contribution in [-0.4, -0.2) is 11.4 Å². The molecule has 2 aromatic rings. The van der Waals surface area contributed by atoms with Gasteiger partial charge in [0.05, 0.1) is 0 Å². The van der Waals surface area contributed by atoms with Crippen molar-refractivity contribution < 1.29 is 9.47 Å². The van der Waals surface area contributed by atoms with Crippen molar-refractivity contribution in [3.05, 3.63) is 60.7 Å². The van der Waals surface area contributed by atoms with E-state index in [4.69, 9.17) is 9.47 Å². The number of ether oxygens (including phenoxy) is 2. The number of para-hydroxylation sites is 2. The zero-order chi connectivity index (χ0) is 14.5. The third-order valence-corrected chi connectivity index (χ3v) is 4.68. The Bertz CT molecular complexity index is 558. The lowest BCUT2D eigenvalue weighted by atomic mass is 9.93. The predicted molar refractivity (Wildman–Crippen MR) is 88.8 cm³/mol. The van der Waals surface area contributed by atoms with Crippen LogP contribution in [0.3, 0.4) is 0 Å². The quantitative estimate of drug-likeness (QED) is 0.765. The van der Waals surface area contributed by atoms with Crippen LogP contribution in [0.4, 0.5) is 0 Å². The van der Waals surface area contributed by atoms with E-state index in [2.05, 4.69) is 9.24 Å². The summed E-state index contributed by atoms with van der Waals surface area (Å²) in [6.07, 6.45) is 4.42. The maximum Gasteiger partial charge on any atom is 0.158 e. The topological polar surface area (TPSA) is 18.5 Å². The van der Waals surface area contributed by atoms with Crippen LogP contribution in [0.1, 0.15) is 25.7 Å². The average molecular weight is 300 g/mol. The molecule has 0 aliphatic heterocycles. The van der Waals surface area contributed by atoms with Gasteiger partial charge in [-0.05, 0) is 49.9 Å². The van der Waals surface area contributed by atoms with E-state index in [1.54, 1.807) is 0 Å². The van der Waals surface area contributed by atoms with Crippen molar-refractivity contribution in [2.24, 2.45) is 0 Å². The number of hydrogen-bond donors (Lipinski definition) is 0. The summed E-state index contributed by atoms with van der Waals surface area (Å²) in [7, 11) is 2.90. The SMILES string of the molecule is PC1(Oc2ccccc2)CCCCC1Oc1ccccc1. The van der Waals surface area contributed by atoms with Gasteiger partial charge in [-0.2, -0.15) is 0 Å². The van der Waals surface area contributed by atoms with Gasteiger partial charge in [0.15, 0.2) is 5.34 Å². The molecule has 2 nitrogen and oxygen atoms in total. The van der Waals surface area contributed by atoms with Crippen LogP contribution < -0.4 is 9.47 Å². The molecule has 1 saturated carbocycles. The average Bonchev–Trinajstić information content (AvgIpc) is 2.52. The van der Waals surface area contributed by atoms with E-state index in [0.29, 0.717) is 0 Å². The Kier molecular flexibility index (Phi) is 4.45. The first kappa shape index (κ1) is 14.4. The van der Waals surface area contributed by atoms with Gasteiger partial charge < -0.3 is 9.47 Å². The molecule has 0 saturated heterocycles. The molecule has 3 rings (SSSR count). The molecule has 1 aliphatic carbocycles.